The Labute approximate surface area is 85.6 Å². The molecule has 4 nitrogen and oxygen atoms in total. The molecule has 0 atom stereocenters. The van der Waals surface area contributed by atoms with Gasteiger partial charge in [0.05, 0.1) is 17.2 Å². The molecule has 1 rings (SSSR count). The smallest absolute Gasteiger partial charge is 0.189 e. The second-order valence-corrected chi connectivity index (χ2v) is 5.05. The third kappa shape index (κ3) is 2.87. The molecule has 0 saturated heterocycles. The summed E-state index contributed by atoms with van der Waals surface area (Å²) in [6, 6.07) is 0.403. The lowest BCUT2D eigenvalue weighted by Gasteiger charge is -2.38. The van der Waals surface area contributed by atoms with Crippen LogP contribution in [0.5, 0.6) is 0 Å². The van der Waals surface area contributed by atoms with Gasteiger partial charge in [0, 0.05) is 0 Å². The van der Waals surface area contributed by atoms with Crippen LogP contribution in [0.4, 0.5) is 0 Å². The van der Waals surface area contributed by atoms with Crippen molar-refractivity contribution in [2.45, 2.75) is 57.7 Å². The molecule has 0 amide bonds. The molecule has 0 heterocycles. The van der Waals surface area contributed by atoms with E-state index >= 15 is 0 Å². The summed E-state index contributed by atoms with van der Waals surface area (Å²) in [5, 5.41) is 12.9. The molecular weight excluding hydrogens is 178 g/mol. The van der Waals surface area contributed by atoms with Crippen molar-refractivity contribution in [3.8, 4) is 0 Å². The molecule has 0 aromatic heterocycles. The Morgan fingerprint density at radius 3 is 2.21 bits per heavy atom. The van der Waals surface area contributed by atoms with Gasteiger partial charge in [0.1, 0.15) is 0 Å². The molecule has 14 heavy (non-hydrogen) atoms. The Balaban J connectivity index is 2.57. The largest absolute Gasteiger partial charge is 0.388 e. The predicted octanol–water partition coefficient (Wildman–Crippen LogP) is 0.603. The van der Waals surface area contributed by atoms with Crippen LogP contribution in [0.25, 0.3) is 0 Å². The molecule has 0 aromatic carbocycles. The lowest BCUT2D eigenvalue weighted by atomic mass is 9.86. The van der Waals surface area contributed by atoms with Crippen molar-refractivity contribution >= 4 is 5.96 Å². The Morgan fingerprint density at radius 1 is 1.36 bits per heavy atom. The number of nitrogens with one attached hydrogen (secondary N) is 1. The molecule has 4 heteroatoms. The molecule has 1 saturated carbocycles. The summed E-state index contributed by atoms with van der Waals surface area (Å²) >= 11 is 0. The number of guanidine groups is 1. The molecule has 0 unspecified atom stereocenters. The summed E-state index contributed by atoms with van der Waals surface area (Å²) < 4.78 is 0. The van der Waals surface area contributed by atoms with E-state index in [1.807, 2.05) is 13.8 Å². The van der Waals surface area contributed by atoms with Gasteiger partial charge in [-0.25, -0.2) is 0 Å². The van der Waals surface area contributed by atoms with E-state index in [1.54, 1.807) is 13.8 Å². The van der Waals surface area contributed by atoms with E-state index in [1.165, 1.54) is 0 Å². The second-order valence-electron chi connectivity index (χ2n) is 5.05. The van der Waals surface area contributed by atoms with Gasteiger partial charge in [0.25, 0.3) is 0 Å². The molecule has 0 aliphatic heterocycles. The normalized spacial score (nSPS) is 19.6. The summed E-state index contributed by atoms with van der Waals surface area (Å²) in [5.41, 5.74) is 4.41. The lowest BCUT2D eigenvalue weighted by Crippen LogP contribution is -2.59. The second kappa shape index (κ2) is 3.42. The van der Waals surface area contributed by atoms with Gasteiger partial charge in [-0.05, 0) is 40.5 Å². The van der Waals surface area contributed by atoms with Gasteiger partial charge in [0.2, 0.25) is 0 Å². The highest BCUT2D eigenvalue weighted by atomic mass is 16.3. The van der Waals surface area contributed by atoms with Crippen molar-refractivity contribution < 1.29 is 5.11 Å². The highest BCUT2D eigenvalue weighted by Gasteiger charge is 2.35. The average molecular weight is 199 g/mol. The number of aliphatic hydroxyl groups is 1. The fourth-order valence-corrected chi connectivity index (χ4v) is 0.906. The predicted molar refractivity (Wildman–Crippen MR) is 58.2 cm³/mol. The van der Waals surface area contributed by atoms with Gasteiger partial charge in [-0.1, -0.05) is 0 Å². The van der Waals surface area contributed by atoms with Gasteiger partial charge >= 0.3 is 0 Å². The van der Waals surface area contributed by atoms with E-state index < -0.39 is 11.1 Å². The molecule has 0 radical (unpaired) electrons. The van der Waals surface area contributed by atoms with Crippen LogP contribution in [0.15, 0.2) is 4.99 Å². The molecule has 1 aliphatic rings. The van der Waals surface area contributed by atoms with Crippen LogP contribution < -0.4 is 11.1 Å². The number of rotatable bonds is 3. The summed E-state index contributed by atoms with van der Waals surface area (Å²) in [6.07, 6.45) is 2.26. The first-order valence-corrected chi connectivity index (χ1v) is 5.06. The highest BCUT2D eigenvalue weighted by molar-refractivity contribution is 5.79. The van der Waals surface area contributed by atoms with Crippen molar-refractivity contribution in [3.05, 3.63) is 0 Å². The summed E-state index contributed by atoms with van der Waals surface area (Å²) in [4.78, 5) is 4.26. The third-order valence-corrected chi connectivity index (χ3v) is 2.84. The monoisotopic (exact) mass is 199 g/mol. The average Bonchev–Trinajstić information content (AvgIpc) is 2.66. The molecule has 0 bridgehead atoms. The zero-order valence-electron chi connectivity index (χ0n) is 9.46. The standard InChI is InChI=1S/C10H21N3O/c1-9(2,10(3,4)14)13-8(11)12-7-5-6-7/h7,14H,5-6H2,1-4H3,(H3,11,12,13). The third-order valence-electron chi connectivity index (χ3n) is 2.84. The first kappa shape index (κ1) is 11.3. The number of aliphatic imine (C=N–C) groups is 1. The fourth-order valence-electron chi connectivity index (χ4n) is 0.906. The van der Waals surface area contributed by atoms with Crippen molar-refractivity contribution in [1.82, 2.24) is 5.32 Å². The number of hydrogen-bond acceptors (Lipinski definition) is 2. The SMILES string of the molecule is CC(C)(O)C(C)(C)NC(N)=NC1CC1. The molecule has 4 N–H and O–H groups in total. The van der Waals surface area contributed by atoms with Crippen molar-refractivity contribution in [2.24, 2.45) is 10.7 Å². The quantitative estimate of drug-likeness (QED) is 0.460. The van der Waals surface area contributed by atoms with E-state index in [0.29, 0.717) is 12.0 Å². The van der Waals surface area contributed by atoms with Gasteiger partial charge < -0.3 is 16.2 Å². The number of nitrogens with two attached hydrogens (primary N) is 1. The van der Waals surface area contributed by atoms with Gasteiger partial charge in [-0.15, -0.1) is 0 Å². The van der Waals surface area contributed by atoms with Crippen LogP contribution in [0.1, 0.15) is 40.5 Å². The van der Waals surface area contributed by atoms with E-state index in [-0.39, 0.29) is 0 Å². The fraction of sp³-hybridized carbons (Fsp3) is 0.900. The Kier molecular flexibility index (Phi) is 2.76. The molecule has 82 valence electrons. The summed E-state index contributed by atoms with van der Waals surface area (Å²) in [6.45, 7) is 7.32. The summed E-state index contributed by atoms with van der Waals surface area (Å²) in [5.74, 6) is 0.430. The van der Waals surface area contributed by atoms with Crippen LogP contribution in [-0.4, -0.2) is 28.2 Å². The molecule has 0 aromatic rings. The van der Waals surface area contributed by atoms with Gasteiger partial charge in [0.15, 0.2) is 5.96 Å². The maximum atomic E-state index is 9.87. The van der Waals surface area contributed by atoms with E-state index in [4.69, 9.17) is 5.73 Å². The summed E-state index contributed by atoms with van der Waals surface area (Å²) in [7, 11) is 0. The number of nitrogens with zero attached hydrogens (tertiary/aromatic N) is 1. The first-order valence-electron chi connectivity index (χ1n) is 5.06. The minimum atomic E-state index is -0.837. The van der Waals surface area contributed by atoms with Crippen LogP contribution >= 0.6 is 0 Å². The molecule has 0 spiro atoms. The Morgan fingerprint density at radius 2 is 1.86 bits per heavy atom. The van der Waals surface area contributed by atoms with Crippen molar-refractivity contribution in [1.29, 1.82) is 0 Å². The lowest BCUT2D eigenvalue weighted by molar-refractivity contribution is 0.00448. The van der Waals surface area contributed by atoms with Crippen molar-refractivity contribution in [2.75, 3.05) is 0 Å². The zero-order valence-corrected chi connectivity index (χ0v) is 9.46. The highest BCUT2D eigenvalue weighted by Crippen LogP contribution is 2.24. The van der Waals surface area contributed by atoms with Crippen LogP contribution in [-0.2, 0) is 0 Å². The van der Waals surface area contributed by atoms with Gasteiger partial charge in [-0.2, -0.15) is 0 Å². The molecule has 1 aliphatic carbocycles. The number of hydrogen-bond donors (Lipinski definition) is 3. The van der Waals surface area contributed by atoms with E-state index in [2.05, 4.69) is 10.3 Å². The van der Waals surface area contributed by atoms with Crippen LogP contribution in [0.2, 0.25) is 0 Å². The van der Waals surface area contributed by atoms with E-state index in [9.17, 15) is 5.11 Å². The molecule has 1 fully saturated rings. The van der Waals surface area contributed by atoms with E-state index in [0.717, 1.165) is 12.8 Å². The topological polar surface area (TPSA) is 70.6 Å². The minimum Gasteiger partial charge on any atom is -0.388 e. The van der Waals surface area contributed by atoms with Crippen LogP contribution in [0, 0.1) is 0 Å². The van der Waals surface area contributed by atoms with Gasteiger partial charge in [-0.3, -0.25) is 4.99 Å². The zero-order chi connectivity index (χ0) is 11.0. The maximum Gasteiger partial charge on any atom is 0.189 e. The minimum absolute atomic E-state index is 0.403. The first-order chi connectivity index (χ1) is 6.22. The maximum absolute atomic E-state index is 9.87. The van der Waals surface area contributed by atoms with Crippen LogP contribution in [0.3, 0.4) is 0 Å². The Hall–Kier alpha value is -0.770. The molecular formula is C10H21N3O. The van der Waals surface area contributed by atoms with Crippen molar-refractivity contribution in [3.63, 3.8) is 0 Å². The Bertz CT molecular complexity index is 236.